The SMILES string of the molecule is CNC(=O)Nc1ccc2c(c1)CC[C@]21NC(=O)N(CC(=O)N2Cc3ccsc3OC[C@H]2C2CC2)CC1=O. The van der Waals surface area contributed by atoms with E-state index in [0.717, 1.165) is 34.6 Å². The summed E-state index contributed by atoms with van der Waals surface area (Å²) in [5, 5.41) is 11.0. The fourth-order valence-corrected chi connectivity index (χ4v) is 6.50. The van der Waals surface area contributed by atoms with Gasteiger partial charge in [0.15, 0.2) is 10.8 Å². The average Bonchev–Trinajstić information content (AvgIpc) is 3.57. The van der Waals surface area contributed by atoms with Gasteiger partial charge in [0.25, 0.3) is 0 Å². The monoisotopic (exact) mass is 523 g/mol. The van der Waals surface area contributed by atoms with Crippen molar-refractivity contribution in [3.8, 4) is 5.06 Å². The number of thiophene rings is 1. The summed E-state index contributed by atoms with van der Waals surface area (Å²) in [6.07, 6.45) is 3.18. The molecule has 2 aliphatic heterocycles. The van der Waals surface area contributed by atoms with Crippen molar-refractivity contribution in [1.82, 2.24) is 20.4 Å². The maximum Gasteiger partial charge on any atom is 0.319 e. The normalized spacial score (nSPS) is 24.6. The number of aryl methyl sites for hydroxylation is 1. The molecule has 1 saturated heterocycles. The zero-order chi connectivity index (χ0) is 25.7. The number of amides is 5. The number of Topliss-reactive ketones (excluding diaryl/α,β-unsaturated/α-hetero) is 1. The van der Waals surface area contributed by atoms with Crippen LogP contribution in [0.15, 0.2) is 29.6 Å². The van der Waals surface area contributed by atoms with Gasteiger partial charge in [-0.1, -0.05) is 6.07 Å². The lowest BCUT2D eigenvalue weighted by molar-refractivity contribution is -0.137. The van der Waals surface area contributed by atoms with E-state index in [2.05, 4.69) is 16.0 Å². The molecule has 3 heterocycles. The van der Waals surface area contributed by atoms with Gasteiger partial charge in [0.2, 0.25) is 5.91 Å². The second-order valence-corrected chi connectivity index (χ2v) is 11.0. The Labute approximate surface area is 218 Å². The number of nitrogens with zero attached hydrogens (tertiary/aromatic N) is 2. The van der Waals surface area contributed by atoms with Crippen LogP contribution in [0.2, 0.25) is 0 Å². The van der Waals surface area contributed by atoms with Gasteiger partial charge in [-0.05, 0) is 66.3 Å². The van der Waals surface area contributed by atoms with Crippen LogP contribution in [0.1, 0.15) is 36.0 Å². The highest BCUT2D eigenvalue weighted by molar-refractivity contribution is 7.12. The third kappa shape index (κ3) is 4.20. The zero-order valence-electron chi connectivity index (χ0n) is 20.5. The Morgan fingerprint density at radius 3 is 2.81 bits per heavy atom. The van der Waals surface area contributed by atoms with Crippen molar-refractivity contribution < 1.29 is 23.9 Å². The number of benzene rings is 1. The molecule has 1 aromatic heterocycles. The van der Waals surface area contributed by atoms with Crippen LogP contribution in [0, 0.1) is 5.92 Å². The molecule has 2 aliphatic carbocycles. The van der Waals surface area contributed by atoms with Gasteiger partial charge in [0.1, 0.15) is 18.7 Å². The van der Waals surface area contributed by atoms with E-state index in [0.29, 0.717) is 37.6 Å². The third-order valence-electron chi connectivity index (χ3n) is 7.88. The molecule has 1 saturated carbocycles. The summed E-state index contributed by atoms with van der Waals surface area (Å²) in [4.78, 5) is 55.1. The Hall–Kier alpha value is -3.60. The van der Waals surface area contributed by atoms with E-state index in [9.17, 15) is 19.2 Å². The third-order valence-corrected chi connectivity index (χ3v) is 8.75. The first-order valence-corrected chi connectivity index (χ1v) is 13.5. The van der Waals surface area contributed by atoms with Crippen molar-refractivity contribution >= 4 is 40.8 Å². The predicted octanol–water partition coefficient (Wildman–Crippen LogP) is 2.43. The molecule has 0 radical (unpaired) electrons. The van der Waals surface area contributed by atoms with Crippen LogP contribution in [0.4, 0.5) is 15.3 Å². The summed E-state index contributed by atoms with van der Waals surface area (Å²) in [5.41, 5.74) is 2.17. The first-order valence-electron chi connectivity index (χ1n) is 12.6. The van der Waals surface area contributed by atoms with E-state index >= 15 is 0 Å². The highest BCUT2D eigenvalue weighted by Gasteiger charge is 2.51. The van der Waals surface area contributed by atoms with Crippen LogP contribution < -0.4 is 20.7 Å². The molecule has 2 atom stereocenters. The second-order valence-electron chi connectivity index (χ2n) is 10.2. The number of carbonyl (C=O) groups is 4. The van der Waals surface area contributed by atoms with Crippen molar-refractivity contribution in [2.24, 2.45) is 5.92 Å². The fourth-order valence-electron chi connectivity index (χ4n) is 5.72. The van der Waals surface area contributed by atoms with Gasteiger partial charge in [0, 0.05) is 18.3 Å². The van der Waals surface area contributed by atoms with E-state index in [4.69, 9.17) is 4.74 Å². The largest absolute Gasteiger partial charge is 0.482 e. The Morgan fingerprint density at radius 1 is 1.19 bits per heavy atom. The topological polar surface area (TPSA) is 120 Å². The van der Waals surface area contributed by atoms with Gasteiger partial charge < -0.3 is 30.5 Å². The number of anilines is 1. The number of ketones is 1. The number of urea groups is 2. The standard InChI is InChI=1S/C26H29N5O5S/c1-27-24(34)28-18-4-5-19-16(10-18)6-8-26(19)21(32)12-30(25(35)29-26)13-22(33)31-11-17-7-9-37-23(17)36-14-20(31)15-2-3-15/h4-5,7,9-10,15,20H,2-3,6,8,11-14H2,1H3,(H,29,35)(H2,27,28,34)/t20-,26-/m0/s1. The minimum Gasteiger partial charge on any atom is -0.482 e. The molecule has 5 amide bonds. The molecule has 6 rings (SSSR count). The van der Waals surface area contributed by atoms with Gasteiger partial charge in [0.05, 0.1) is 19.1 Å². The van der Waals surface area contributed by atoms with Crippen molar-refractivity contribution in [3.63, 3.8) is 0 Å². The van der Waals surface area contributed by atoms with Crippen LogP contribution >= 0.6 is 11.3 Å². The molecule has 1 aromatic carbocycles. The summed E-state index contributed by atoms with van der Waals surface area (Å²) in [6.45, 7) is 0.618. The number of nitrogens with one attached hydrogen (secondary N) is 3. The number of rotatable bonds is 4. The van der Waals surface area contributed by atoms with E-state index in [1.54, 1.807) is 12.1 Å². The lowest BCUT2D eigenvalue weighted by atomic mass is 9.85. The molecule has 2 fully saturated rings. The first-order chi connectivity index (χ1) is 17.9. The van der Waals surface area contributed by atoms with Crippen LogP contribution in [-0.2, 0) is 28.1 Å². The lowest BCUT2D eigenvalue weighted by Gasteiger charge is -2.40. The molecule has 37 heavy (non-hydrogen) atoms. The smallest absolute Gasteiger partial charge is 0.319 e. The van der Waals surface area contributed by atoms with Crippen molar-refractivity contribution in [3.05, 3.63) is 46.3 Å². The second kappa shape index (κ2) is 9.05. The van der Waals surface area contributed by atoms with Gasteiger partial charge in [-0.3, -0.25) is 9.59 Å². The van der Waals surface area contributed by atoms with E-state index in [-0.39, 0.29) is 36.9 Å². The van der Waals surface area contributed by atoms with Crippen LogP contribution in [0.5, 0.6) is 5.06 Å². The Bertz CT molecular complexity index is 1290. The number of fused-ring (bicyclic) bond motifs is 3. The fraction of sp³-hybridized carbons (Fsp3) is 0.462. The van der Waals surface area contributed by atoms with Crippen LogP contribution in [0.3, 0.4) is 0 Å². The summed E-state index contributed by atoms with van der Waals surface area (Å²) in [5.74, 6) is 0.106. The number of ether oxygens (including phenoxy) is 1. The van der Waals surface area contributed by atoms with Crippen molar-refractivity contribution in [1.29, 1.82) is 0 Å². The molecule has 11 heteroatoms. The lowest BCUT2D eigenvalue weighted by Crippen LogP contribution is -2.64. The van der Waals surface area contributed by atoms with Crippen molar-refractivity contribution in [2.75, 3.05) is 32.1 Å². The summed E-state index contributed by atoms with van der Waals surface area (Å²) in [7, 11) is 1.54. The van der Waals surface area contributed by atoms with E-state index in [1.165, 1.54) is 23.3 Å². The van der Waals surface area contributed by atoms with Gasteiger partial charge in [-0.2, -0.15) is 0 Å². The molecule has 1 spiro atoms. The van der Waals surface area contributed by atoms with Crippen LogP contribution in [0.25, 0.3) is 0 Å². The summed E-state index contributed by atoms with van der Waals surface area (Å²) >= 11 is 1.53. The summed E-state index contributed by atoms with van der Waals surface area (Å²) in [6, 6.07) is 6.57. The molecule has 3 N–H and O–H groups in total. The van der Waals surface area contributed by atoms with Gasteiger partial charge in [-0.15, -0.1) is 11.3 Å². The zero-order valence-corrected chi connectivity index (χ0v) is 21.4. The minimum atomic E-state index is -1.10. The highest BCUT2D eigenvalue weighted by Crippen LogP contribution is 2.42. The first kappa shape index (κ1) is 23.8. The molecular formula is C26H29N5O5S. The van der Waals surface area contributed by atoms with Crippen LogP contribution in [-0.4, -0.2) is 66.3 Å². The van der Waals surface area contributed by atoms with Gasteiger partial charge in [-0.25, -0.2) is 9.59 Å². The Kier molecular flexibility index (Phi) is 5.82. The molecule has 4 aliphatic rings. The Balaban J connectivity index is 1.17. The van der Waals surface area contributed by atoms with Crippen molar-refractivity contribution in [2.45, 2.75) is 43.8 Å². The number of carbonyl (C=O) groups excluding carboxylic acids is 4. The molecule has 10 nitrogen and oxygen atoms in total. The minimum absolute atomic E-state index is 0.0266. The molecule has 2 aromatic rings. The van der Waals surface area contributed by atoms with Gasteiger partial charge >= 0.3 is 12.1 Å². The molecular weight excluding hydrogens is 494 g/mol. The molecule has 194 valence electrons. The van der Waals surface area contributed by atoms with E-state index < -0.39 is 11.6 Å². The number of hydrogen-bond acceptors (Lipinski definition) is 6. The molecule has 0 bridgehead atoms. The molecule has 0 unspecified atom stereocenters. The number of hydrogen-bond donors (Lipinski definition) is 3. The quantitative estimate of drug-likeness (QED) is 0.569. The summed E-state index contributed by atoms with van der Waals surface area (Å²) < 4.78 is 5.99. The Morgan fingerprint density at radius 2 is 2.03 bits per heavy atom. The predicted molar refractivity (Wildman–Crippen MR) is 137 cm³/mol. The maximum atomic E-state index is 13.5. The van der Waals surface area contributed by atoms with E-state index in [1.807, 2.05) is 22.4 Å². The highest BCUT2D eigenvalue weighted by atomic mass is 32.1. The average molecular weight is 524 g/mol. The maximum absolute atomic E-state index is 13.5.